The molecular formula is C20H26N2O3. The van der Waals surface area contributed by atoms with Crippen molar-refractivity contribution in [3.05, 3.63) is 47.0 Å². The average Bonchev–Trinajstić information content (AvgIpc) is 2.89. The molecule has 0 bridgehead atoms. The van der Waals surface area contributed by atoms with Gasteiger partial charge in [-0.15, -0.1) is 0 Å². The van der Waals surface area contributed by atoms with Gasteiger partial charge >= 0.3 is 0 Å². The third-order valence-corrected chi connectivity index (χ3v) is 5.02. The Kier molecular flexibility index (Phi) is 5.87. The van der Waals surface area contributed by atoms with Crippen LogP contribution in [0.25, 0.3) is 0 Å². The fourth-order valence-electron chi connectivity index (χ4n) is 3.81. The summed E-state index contributed by atoms with van der Waals surface area (Å²) in [5.41, 5.74) is 3.04. The molecule has 0 radical (unpaired) electrons. The van der Waals surface area contributed by atoms with Gasteiger partial charge in [-0.3, -0.25) is 9.59 Å². The lowest BCUT2D eigenvalue weighted by Crippen LogP contribution is -2.36. The SMILES string of the molecule is COCCNC(=O)CC1=C2CCCCC2N(Cc2ccccc2)C1=O. The van der Waals surface area contributed by atoms with Gasteiger partial charge in [0.25, 0.3) is 5.91 Å². The summed E-state index contributed by atoms with van der Waals surface area (Å²) in [6, 6.07) is 10.2. The molecule has 3 rings (SSSR count). The van der Waals surface area contributed by atoms with Gasteiger partial charge in [-0.2, -0.15) is 0 Å². The maximum Gasteiger partial charge on any atom is 0.251 e. The number of nitrogens with one attached hydrogen (secondary N) is 1. The van der Waals surface area contributed by atoms with Crippen molar-refractivity contribution < 1.29 is 14.3 Å². The molecule has 1 saturated carbocycles. The van der Waals surface area contributed by atoms with E-state index in [-0.39, 0.29) is 24.3 Å². The maximum absolute atomic E-state index is 13.0. The third-order valence-electron chi connectivity index (χ3n) is 5.02. The molecule has 1 fully saturated rings. The van der Waals surface area contributed by atoms with Crippen molar-refractivity contribution in [2.45, 2.75) is 44.7 Å². The summed E-state index contributed by atoms with van der Waals surface area (Å²) in [5.74, 6) is -0.0635. The molecule has 1 aliphatic carbocycles. The molecule has 2 aliphatic rings. The van der Waals surface area contributed by atoms with Crippen LogP contribution in [0.1, 0.15) is 37.7 Å². The highest BCUT2D eigenvalue weighted by Gasteiger charge is 2.40. The van der Waals surface area contributed by atoms with Crippen LogP contribution in [-0.4, -0.2) is 43.0 Å². The summed E-state index contributed by atoms with van der Waals surface area (Å²) in [4.78, 5) is 27.2. The highest BCUT2D eigenvalue weighted by Crippen LogP contribution is 2.38. The Labute approximate surface area is 149 Å². The van der Waals surface area contributed by atoms with Gasteiger partial charge in [0.05, 0.1) is 19.1 Å². The largest absolute Gasteiger partial charge is 0.383 e. The molecule has 1 aliphatic heterocycles. The van der Waals surface area contributed by atoms with E-state index in [4.69, 9.17) is 4.74 Å². The van der Waals surface area contributed by atoms with Gasteiger partial charge in [0.15, 0.2) is 0 Å². The standard InChI is InChI=1S/C20H26N2O3/c1-25-12-11-21-19(23)13-17-16-9-5-6-10-18(16)22(20(17)24)14-15-7-3-2-4-8-15/h2-4,7-8,18H,5-6,9-14H2,1H3,(H,21,23). The molecule has 1 N–H and O–H groups in total. The predicted octanol–water partition coefficient (Wildman–Crippen LogP) is 2.42. The molecule has 5 heteroatoms. The molecule has 1 atom stereocenters. The Balaban J connectivity index is 1.72. The Morgan fingerprint density at radius 1 is 1.28 bits per heavy atom. The number of hydrogen-bond donors (Lipinski definition) is 1. The fraction of sp³-hybridized carbons (Fsp3) is 0.500. The molecular weight excluding hydrogens is 316 g/mol. The molecule has 1 heterocycles. The summed E-state index contributed by atoms with van der Waals surface area (Å²) in [6.45, 7) is 1.57. The Bertz CT molecular complexity index is 654. The van der Waals surface area contributed by atoms with Crippen LogP contribution in [0.3, 0.4) is 0 Å². The molecule has 5 nitrogen and oxygen atoms in total. The van der Waals surface area contributed by atoms with Crippen molar-refractivity contribution in [3.63, 3.8) is 0 Å². The van der Waals surface area contributed by atoms with Gasteiger partial charge < -0.3 is 15.0 Å². The number of nitrogens with zero attached hydrogens (tertiary/aromatic N) is 1. The molecule has 1 aromatic rings. The van der Waals surface area contributed by atoms with Gasteiger partial charge in [0.2, 0.25) is 5.91 Å². The molecule has 0 aromatic heterocycles. The van der Waals surface area contributed by atoms with E-state index in [1.165, 1.54) is 5.57 Å². The molecule has 25 heavy (non-hydrogen) atoms. The minimum Gasteiger partial charge on any atom is -0.383 e. The van der Waals surface area contributed by atoms with Crippen LogP contribution in [0.4, 0.5) is 0 Å². The second kappa shape index (κ2) is 8.30. The van der Waals surface area contributed by atoms with Crippen molar-refractivity contribution in [2.24, 2.45) is 0 Å². The number of carbonyl (C=O) groups excluding carboxylic acids is 2. The van der Waals surface area contributed by atoms with Crippen molar-refractivity contribution >= 4 is 11.8 Å². The van der Waals surface area contributed by atoms with Gasteiger partial charge in [0.1, 0.15) is 0 Å². The summed E-state index contributed by atoms with van der Waals surface area (Å²) in [7, 11) is 1.60. The van der Waals surface area contributed by atoms with E-state index in [0.29, 0.717) is 19.7 Å². The van der Waals surface area contributed by atoms with E-state index in [1.807, 2.05) is 35.2 Å². The van der Waals surface area contributed by atoms with E-state index < -0.39 is 0 Å². The Morgan fingerprint density at radius 2 is 2.08 bits per heavy atom. The first-order chi connectivity index (χ1) is 12.2. The number of fused-ring (bicyclic) bond motifs is 1. The normalized spacial score (nSPS) is 20.0. The first kappa shape index (κ1) is 17.7. The zero-order chi connectivity index (χ0) is 17.6. The van der Waals surface area contributed by atoms with Crippen LogP contribution < -0.4 is 5.32 Å². The van der Waals surface area contributed by atoms with Crippen molar-refractivity contribution in [3.8, 4) is 0 Å². The first-order valence-corrected chi connectivity index (χ1v) is 9.03. The minimum atomic E-state index is -0.0983. The van der Waals surface area contributed by atoms with Crippen molar-refractivity contribution in [1.82, 2.24) is 10.2 Å². The lowest BCUT2D eigenvalue weighted by Gasteiger charge is -2.30. The van der Waals surface area contributed by atoms with Crippen LogP contribution in [0, 0.1) is 0 Å². The number of methoxy groups -OCH3 is 1. The summed E-state index contributed by atoms with van der Waals surface area (Å²) < 4.78 is 4.95. The number of carbonyl (C=O) groups is 2. The molecule has 0 saturated heterocycles. The second-order valence-corrected chi connectivity index (χ2v) is 6.70. The maximum atomic E-state index is 13.0. The van der Waals surface area contributed by atoms with Crippen LogP contribution >= 0.6 is 0 Å². The lowest BCUT2D eigenvalue weighted by molar-refractivity contribution is -0.129. The number of amides is 2. The highest BCUT2D eigenvalue weighted by atomic mass is 16.5. The molecule has 1 unspecified atom stereocenters. The zero-order valence-corrected chi connectivity index (χ0v) is 14.8. The van der Waals surface area contributed by atoms with Crippen LogP contribution in [0.5, 0.6) is 0 Å². The predicted molar refractivity (Wildman–Crippen MR) is 95.8 cm³/mol. The highest BCUT2D eigenvalue weighted by molar-refractivity contribution is 6.02. The van der Waals surface area contributed by atoms with Crippen LogP contribution in [0.15, 0.2) is 41.5 Å². The topological polar surface area (TPSA) is 58.6 Å². The molecule has 1 aromatic carbocycles. The molecule has 2 amide bonds. The Hall–Kier alpha value is -2.14. The van der Waals surface area contributed by atoms with Crippen molar-refractivity contribution in [2.75, 3.05) is 20.3 Å². The van der Waals surface area contributed by atoms with E-state index in [0.717, 1.165) is 36.8 Å². The third kappa shape index (κ3) is 4.10. The lowest BCUT2D eigenvalue weighted by atomic mass is 9.88. The summed E-state index contributed by atoms with van der Waals surface area (Å²) in [5, 5.41) is 2.82. The van der Waals surface area contributed by atoms with E-state index in [2.05, 4.69) is 5.32 Å². The Morgan fingerprint density at radius 3 is 2.84 bits per heavy atom. The molecule has 134 valence electrons. The van der Waals surface area contributed by atoms with E-state index in [1.54, 1.807) is 7.11 Å². The number of ether oxygens (including phenoxy) is 1. The fourth-order valence-corrected chi connectivity index (χ4v) is 3.81. The van der Waals surface area contributed by atoms with Crippen LogP contribution in [-0.2, 0) is 20.9 Å². The summed E-state index contributed by atoms with van der Waals surface area (Å²) >= 11 is 0. The first-order valence-electron chi connectivity index (χ1n) is 9.03. The minimum absolute atomic E-state index is 0.0349. The van der Waals surface area contributed by atoms with Crippen LogP contribution in [0.2, 0.25) is 0 Å². The quantitative estimate of drug-likeness (QED) is 0.774. The van der Waals surface area contributed by atoms with Gasteiger partial charge in [-0.25, -0.2) is 0 Å². The average molecular weight is 342 g/mol. The monoisotopic (exact) mass is 342 g/mol. The second-order valence-electron chi connectivity index (χ2n) is 6.70. The number of rotatable bonds is 7. The number of hydrogen-bond acceptors (Lipinski definition) is 3. The van der Waals surface area contributed by atoms with Gasteiger partial charge in [-0.1, -0.05) is 36.8 Å². The molecule has 0 spiro atoms. The van der Waals surface area contributed by atoms with E-state index >= 15 is 0 Å². The van der Waals surface area contributed by atoms with Gasteiger partial charge in [0, 0.05) is 25.8 Å². The smallest absolute Gasteiger partial charge is 0.251 e. The summed E-state index contributed by atoms with van der Waals surface area (Å²) in [6.07, 6.45) is 4.36. The zero-order valence-electron chi connectivity index (χ0n) is 14.8. The number of benzene rings is 1. The van der Waals surface area contributed by atoms with Crippen molar-refractivity contribution in [1.29, 1.82) is 0 Å². The van der Waals surface area contributed by atoms with E-state index in [9.17, 15) is 9.59 Å². The van der Waals surface area contributed by atoms with Gasteiger partial charge in [-0.05, 0) is 30.4 Å².